The number of nitrogens with one attached hydrogen (secondary N) is 2. The first-order valence-electron chi connectivity index (χ1n) is 3.71. The van der Waals surface area contributed by atoms with Crippen LogP contribution in [0.5, 0.6) is 0 Å². The van der Waals surface area contributed by atoms with E-state index in [1.54, 1.807) is 0 Å². The van der Waals surface area contributed by atoms with Crippen molar-refractivity contribution in [3.8, 4) is 0 Å². The molecule has 1 rings (SSSR count). The Balaban J connectivity index is 0.00000225. The van der Waals surface area contributed by atoms with Gasteiger partial charge in [0.05, 0.1) is 15.1 Å². The molecule has 0 heterocycles. The van der Waals surface area contributed by atoms with Crippen LogP contribution in [-0.2, 0) is 0 Å². The monoisotopic (exact) mass is 301 g/mol. The maximum Gasteiger partial charge on any atom is 0.258 e. The van der Waals surface area contributed by atoms with Crippen LogP contribution in [0.3, 0.4) is 0 Å². The van der Waals surface area contributed by atoms with E-state index < -0.39 is 11.9 Å². The predicted molar refractivity (Wildman–Crippen MR) is 68.1 cm³/mol. The third kappa shape index (κ3) is 3.72. The highest BCUT2D eigenvalue weighted by molar-refractivity contribution is 6.48. The van der Waals surface area contributed by atoms with E-state index in [0.29, 0.717) is 0 Å². The minimum atomic E-state index is -0.567. The first-order chi connectivity index (χ1) is 6.91. The van der Waals surface area contributed by atoms with Gasteiger partial charge in [-0.25, -0.2) is 0 Å². The van der Waals surface area contributed by atoms with E-state index in [1.807, 2.05) is 0 Å². The fourth-order valence-electron chi connectivity index (χ4n) is 0.881. The summed E-state index contributed by atoms with van der Waals surface area (Å²) >= 11 is 17.1. The number of carbonyl (C=O) groups excluding carboxylic acids is 1. The van der Waals surface area contributed by atoms with E-state index in [-0.39, 0.29) is 33.0 Å². The Morgan fingerprint density at radius 1 is 1.25 bits per heavy atom. The molecule has 0 aliphatic carbocycles. The molecule has 16 heavy (non-hydrogen) atoms. The number of guanidine groups is 1. The van der Waals surface area contributed by atoms with E-state index in [4.69, 9.17) is 45.9 Å². The van der Waals surface area contributed by atoms with Gasteiger partial charge in [-0.1, -0.05) is 34.8 Å². The number of halogens is 4. The molecule has 0 unspecified atom stereocenters. The molecule has 1 amide bonds. The molecule has 4 N–H and O–H groups in total. The number of amides is 1. The molecule has 0 fully saturated rings. The third-order valence-corrected chi connectivity index (χ3v) is 2.69. The smallest absolute Gasteiger partial charge is 0.258 e. The van der Waals surface area contributed by atoms with Gasteiger partial charge in [0.2, 0.25) is 0 Å². The van der Waals surface area contributed by atoms with Gasteiger partial charge < -0.3 is 5.73 Å². The van der Waals surface area contributed by atoms with Crippen LogP contribution in [0.25, 0.3) is 0 Å². The van der Waals surface area contributed by atoms with Crippen LogP contribution in [0.2, 0.25) is 15.1 Å². The van der Waals surface area contributed by atoms with E-state index >= 15 is 0 Å². The number of nitrogens with two attached hydrogens (primary N) is 1. The largest absolute Gasteiger partial charge is 0.370 e. The van der Waals surface area contributed by atoms with Crippen molar-refractivity contribution in [2.75, 3.05) is 0 Å². The standard InChI is InChI=1S/C8H6Cl3N3O.ClH/c9-4-1-3(2-5(10)6(4)11)7(15)14-8(12)13;/h1-2H,(H4,12,13,14,15);1H. The lowest BCUT2D eigenvalue weighted by Crippen LogP contribution is -2.35. The van der Waals surface area contributed by atoms with Crippen LogP contribution in [0.4, 0.5) is 0 Å². The Morgan fingerprint density at radius 3 is 2.06 bits per heavy atom. The normalized spacial score (nSPS) is 9.19. The molecule has 4 nitrogen and oxygen atoms in total. The van der Waals surface area contributed by atoms with Crippen LogP contribution in [0, 0.1) is 5.41 Å². The molecule has 8 heteroatoms. The first-order valence-corrected chi connectivity index (χ1v) is 4.85. The lowest BCUT2D eigenvalue weighted by molar-refractivity contribution is 0.0976. The summed E-state index contributed by atoms with van der Waals surface area (Å²) in [6.45, 7) is 0. The van der Waals surface area contributed by atoms with Gasteiger partial charge >= 0.3 is 0 Å². The average Bonchev–Trinajstić information content (AvgIpc) is 2.12. The molecular formula is C8H7Cl4N3O. The minimum Gasteiger partial charge on any atom is -0.370 e. The zero-order chi connectivity index (χ0) is 11.6. The van der Waals surface area contributed by atoms with Crippen molar-refractivity contribution in [1.82, 2.24) is 5.32 Å². The van der Waals surface area contributed by atoms with E-state index in [2.05, 4.69) is 5.32 Å². The number of hydrogen-bond donors (Lipinski definition) is 3. The summed E-state index contributed by atoms with van der Waals surface area (Å²) in [6, 6.07) is 2.68. The van der Waals surface area contributed by atoms with Crippen LogP contribution in [0.1, 0.15) is 10.4 Å². The summed E-state index contributed by atoms with van der Waals surface area (Å²) in [5.41, 5.74) is 5.18. The fourth-order valence-corrected chi connectivity index (χ4v) is 1.48. The van der Waals surface area contributed by atoms with Gasteiger partial charge in [0, 0.05) is 5.56 Å². The number of benzene rings is 1. The number of hydrogen-bond acceptors (Lipinski definition) is 2. The second kappa shape index (κ2) is 6.15. The van der Waals surface area contributed by atoms with Crippen molar-refractivity contribution in [3.05, 3.63) is 32.8 Å². The zero-order valence-corrected chi connectivity index (χ0v) is 10.8. The van der Waals surface area contributed by atoms with Crippen molar-refractivity contribution in [1.29, 1.82) is 5.41 Å². The Bertz CT molecular complexity index is 412. The summed E-state index contributed by atoms with van der Waals surface area (Å²) < 4.78 is 0. The molecule has 1 aromatic carbocycles. The fraction of sp³-hybridized carbons (Fsp3) is 0. The highest BCUT2D eigenvalue weighted by atomic mass is 35.5. The summed E-state index contributed by atoms with van der Waals surface area (Å²) in [5, 5.41) is 9.48. The summed E-state index contributed by atoms with van der Waals surface area (Å²) in [6.07, 6.45) is 0. The molecule has 0 atom stereocenters. The highest BCUT2D eigenvalue weighted by Crippen LogP contribution is 2.30. The van der Waals surface area contributed by atoms with Gasteiger partial charge in [-0.15, -0.1) is 12.4 Å². The van der Waals surface area contributed by atoms with Crippen LogP contribution >= 0.6 is 47.2 Å². The minimum absolute atomic E-state index is 0. The van der Waals surface area contributed by atoms with Gasteiger partial charge in [-0.2, -0.15) is 0 Å². The van der Waals surface area contributed by atoms with Crippen LogP contribution in [-0.4, -0.2) is 11.9 Å². The molecule has 0 aliphatic rings. The number of rotatable bonds is 1. The average molecular weight is 303 g/mol. The van der Waals surface area contributed by atoms with Crippen molar-refractivity contribution >= 4 is 59.1 Å². The van der Waals surface area contributed by atoms with E-state index in [9.17, 15) is 4.79 Å². The summed E-state index contributed by atoms with van der Waals surface area (Å²) in [5.74, 6) is -1.02. The van der Waals surface area contributed by atoms with E-state index in [1.165, 1.54) is 12.1 Å². The van der Waals surface area contributed by atoms with Crippen molar-refractivity contribution in [3.63, 3.8) is 0 Å². The van der Waals surface area contributed by atoms with E-state index in [0.717, 1.165) is 0 Å². The maximum absolute atomic E-state index is 11.4. The molecule has 0 aromatic heterocycles. The molecule has 0 aliphatic heterocycles. The second-order valence-electron chi connectivity index (χ2n) is 2.62. The van der Waals surface area contributed by atoms with Crippen LogP contribution in [0.15, 0.2) is 12.1 Å². The topological polar surface area (TPSA) is 79.0 Å². The van der Waals surface area contributed by atoms with Gasteiger partial charge in [-0.05, 0) is 12.1 Å². The molecule has 0 radical (unpaired) electrons. The highest BCUT2D eigenvalue weighted by Gasteiger charge is 2.11. The van der Waals surface area contributed by atoms with Crippen LogP contribution < -0.4 is 11.1 Å². The van der Waals surface area contributed by atoms with Crippen molar-refractivity contribution in [2.24, 2.45) is 5.73 Å². The van der Waals surface area contributed by atoms with Crippen molar-refractivity contribution < 1.29 is 4.79 Å². The predicted octanol–water partition coefficient (Wildman–Crippen LogP) is 2.69. The quantitative estimate of drug-likeness (QED) is 0.424. The lowest BCUT2D eigenvalue weighted by atomic mass is 10.2. The second-order valence-corrected chi connectivity index (χ2v) is 3.81. The first kappa shape index (κ1) is 15.3. The molecule has 0 spiro atoms. The van der Waals surface area contributed by atoms with Gasteiger partial charge in [0.25, 0.3) is 5.91 Å². The van der Waals surface area contributed by atoms with Gasteiger partial charge in [0.15, 0.2) is 5.96 Å². The SMILES string of the molecule is Cl.N=C(N)NC(=O)c1cc(Cl)c(Cl)c(Cl)c1. The molecule has 88 valence electrons. The van der Waals surface area contributed by atoms with Gasteiger partial charge in [-0.3, -0.25) is 15.5 Å². The Kier molecular flexibility index (Phi) is 5.89. The van der Waals surface area contributed by atoms with Crippen molar-refractivity contribution in [2.45, 2.75) is 0 Å². The molecular weight excluding hydrogens is 296 g/mol. The summed E-state index contributed by atoms with van der Waals surface area (Å²) in [7, 11) is 0. The maximum atomic E-state index is 11.4. The Morgan fingerprint density at radius 2 is 1.69 bits per heavy atom. The third-order valence-electron chi connectivity index (χ3n) is 1.49. The molecule has 1 aromatic rings. The molecule has 0 bridgehead atoms. The molecule has 0 saturated heterocycles. The summed E-state index contributed by atoms with van der Waals surface area (Å²) in [4.78, 5) is 11.4. The Hall–Kier alpha value is -0.680. The number of carbonyl (C=O) groups is 1. The Labute approximate surface area is 113 Å². The zero-order valence-electron chi connectivity index (χ0n) is 7.68. The van der Waals surface area contributed by atoms with Gasteiger partial charge in [0.1, 0.15) is 0 Å². The lowest BCUT2D eigenvalue weighted by Gasteiger charge is -2.05. The molecule has 0 saturated carbocycles.